The minimum absolute atomic E-state index is 0.00975. The summed E-state index contributed by atoms with van der Waals surface area (Å²) in [7, 11) is 0. The number of aliphatic hydroxyl groups excluding tert-OH is 2. The van der Waals surface area contributed by atoms with E-state index in [0.717, 1.165) is 44.9 Å². The topological polar surface area (TPSA) is 95.9 Å². The van der Waals surface area contributed by atoms with Crippen LogP contribution in [0.4, 0.5) is 0 Å². The zero-order valence-electron chi connectivity index (χ0n) is 45.9. The second-order valence-corrected chi connectivity index (χ2v) is 21.0. The number of unbranched alkanes of at least 4 members (excludes halogenated alkanes) is 42. The molecule has 0 saturated heterocycles. The van der Waals surface area contributed by atoms with E-state index >= 15 is 0 Å². The number of hydrogen-bond donors (Lipinski definition) is 3. The number of allylic oxidation sites excluding steroid dienone is 4. The number of carbonyl (C=O) groups is 2. The molecule has 0 spiro atoms. The van der Waals surface area contributed by atoms with E-state index in [1.54, 1.807) is 0 Å². The van der Waals surface area contributed by atoms with Crippen LogP contribution in [0.1, 0.15) is 335 Å². The molecule has 0 aliphatic heterocycles. The molecule has 0 aromatic carbocycles. The van der Waals surface area contributed by atoms with Crippen molar-refractivity contribution in [1.29, 1.82) is 0 Å². The predicted molar refractivity (Wildman–Crippen MR) is 296 cm³/mol. The number of hydrogen-bond acceptors (Lipinski definition) is 5. The van der Waals surface area contributed by atoms with Crippen LogP contribution >= 0.6 is 0 Å². The van der Waals surface area contributed by atoms with Crippen molar-refractivity contribution in [1.82, 2.24) is 5.32 Å². The molecule has 0 aromatic rings. The van der Waals surface area contributed by atoms with Crippen LogP contribution in [-0.4, -0.2) is 47.4 Å². The van der Waals surface area contributed by atoms with E-state index in [1.807, 2.05) is 0 Å². The van der Waals surface area contributed by atoms with Gasteiger partial charge >= 0.3 is 5.97 Å². The van der Waals surface area contributed by atoms with Crippen molar-refractivity contribution in [3.63, 3.8) is 0 Å². The molecule has 402 valence electrons. The van der Waals surface area contributed by atoms with E-state index in [-0.39, 0.29) is 18.5 Å². The number of nitrogens with one attached hydrogen (secondary N) is 1. The van der Waals surface area contributed by atoms with Crippen LogP contribution in [0, 0.1) is 0 Å². The number of carbonyl (C=O) groups excluding carboxylic acids is 2. The van der Waals surface area contributed by atoms with Crippen molar-refractivity contribution in [2.75, 3.05) is 13.2 Å². The SMILES string of the molecule is CCCCCCCCC/C=C\CCCCCCCCCC(=O)OCCCCCCCCCCCCCC/C=C\CCCCCCCCCCC(=O)NC(CO)C(O)CCCCCCCCCCC. The summed E-state index contributed by atoms with van der Waals surface area (Å²) in [6.45, 7) is 4.94. The third kappa shape index (κ3) is 53.7. The Labute approximate surface area is 424 Å². The number of amides is 1. The fourth-order valence-electron chi connectivity index (χ4n) is 9.51. The first kappa shape index (κ1) is 66.3. The van der Waals surface area contributed by atoms with Crippen molar-refractivity contribution < 1.29 is 24.5 Å². The van der Waals surface area contributed by atoms with Gasteiger partial charge in [0.2, 0.25) is 5.91 Å². The van der Waals surface area contributed by atoms with E-state index in [2.05, 4.69) is 43.5 Å². The smallest absolute Gasteiger partial charge is 0.305 e. The Bertz CT molecular complexity index is 1060. The molecule has 0 fully saturated rings. The maximum Gasteiger partial charge on any atom is 0.305 e. The van der Waals surface area contributed by atoms with Gasteiger partial charge in [-0.05, 0) is 77.0 Å². The molecular weight excluding hydrogens is 839 g/mol. The zero-order valence-corrected chi connectivity index (χ0v) is 45.9. The lowest BCUT2D eigenvalue weighted by atomic mass is 10.0. The van der Waals surface area contributed by atoms with E-state index in [4.69, 9.17) is 4.74 Å². The number of aliphatic hydroxyl groups is 2. The monoisotopic (exact) mass is 958 g/mol. The van der Waals surface area contributed by atoms with Crippen molar-refractivity contribution in [2.24, 2.45) is 0 Å². The van der Waals surface area contributed by atoms with Gasteiger partial charge in [0.05, 0.1) is 25.4 Å². The second-order valence-electron chi connectivity index (χ2n) is 21.0. The van der Waals surface area contributed by atoms with Crippen LogP contribution in [0.3, 0.4) is 0 Å². The van der Waals surface area contributed by atoms with Crippen molar-refractivity contribution >= 4 is 11.9 Å². The molecule has 1 amide bonds. The highest BCUT2D eigenvalue weighted by Crippen LogP contribution is 2.17. The third-order valence-corrected chi connectivity index (χ3v) is 14.2. The molecule has 0 aliphatic carbocycles. The molecular formula is C62H119NO5. The maximum absolute atomic E-state index is 12.4. The first-order valence-corrected chi connectivity index (χ1v) is 30.6. The summed E-state index contributed by atoms with van der Waals surface area (Å²) in [5.41, 5.74) is 0. The quantitative estimate of drug-likeness (QED) is 0.0321. The van der Waals surface area contributed by atoms with Gasteiger partial charge in [-0.25, -0.2) is 0 Å². The van der Waals surface area contributed by atoms with Gasteiger partial charge in [0, 0.05) is 12.8 Å². The van der Waals surface area contributed by atoms with Gasteiger partial charge in [-0.3, -0.25) is 9.59 Å². The van der Waals surface area contributed by atoms with Gasteiger partial charge in [-0.2, -0.15) is 0 Å². The highest BCUT2D eigenvalue weighted by Gasteiger charge is 2.20. The number of esters is 1. The van der Waals surface area contributed by atoms with Gasteiger partial charge in [-0.1, -0.05) is 269 Å². The highest BCUT2D eigenvalue weighted by atomic mass is 16.5. The Hall–Kier alpha value is -1.66. The Morgan fingerprint density at radius 2 is 0.691 bits per heavy atom. The minimum Gasteiger partial charge on any atom is -0.466 e. The minimum atomic E-state index is -0.664. The third-order valence-electron chi connectivity index (χ3n) is 14.2. The summed E-state index contributed by atoms with van der Waals surface area (Å²) in [5.74, 6) is -0.0315. The first-order valence-electron chi connectivity index (χ1n) is 30.6. The average molecular weight is 959 g/mol. The Kier molecular flexibility index (Phi) is 56.5. The molecule has 0 aromatic heterocycles. The Morgan fingerprint density at radius 1 is 0.397 bits per heavy atom. The molecule has 6 heteroatoms. The molecule has 0 rings (SSSR count). The van der Waals surface area contributed by atoms with Gasteiger partial charge in [0.15, 0.2) is 0 Å². The van der Waals surface area contributed by atoms with Crippen molar-refractivity contribution in [2.45, 2.75) is 347 Å². The van der Waals surface area contributed by atoms with Crippen LogP contribution < -0.4 is 5.32 Å². The van der Waals surface area contributed by atoms with Crippen LogP contribution in [0.15, 0.2) is 24.3 Å². The van der Waals surface area contributed by atoms with Crippen LogP contribution in [-0.2, 0) is 14.3 Å². The normalized spacial score (nSPS) is 12.7. The molecule has 0 saturated carbocycles. The largest absolute Gasteiger partial charge is 0.466 e. The molecule has 0 radical (unpaired) electrons. The lowest BCUT2D eigenvalue weighted by Crippen LogP contribution is -2.45. The second kappa shape index (κ2) is 57.9. The molecule has 0 aliphatic rings. The van der Waals surface area contributed by atoms with E-state index in [0.29, 0.717) is 25.9 Å². The summed E-state index contributed by atoms with van der Waals surface area (Å²) >= 11 is 0. The van der Waals surface area contributed by atoms with Crippen molar-refractivity contribution in [3.8, 4) is 0 Å². The van der Waals surface area contributed by atoms with E-state index < -0.39 is 12.1 Å². The fourth-order valence-corrected chi connectivity index (χ4v) is 9.51. The first-order chi connectivity index (χ1) is 33.5. The van der Waals surface area contributed by atoms with Crippen molar-refractivity contribution in [3.05, 3.63) is 24.3 Å². The van der Waals surface area contributed by atoms with Crippen LogP contribution in [0.25, 0.3) is 0 Å². The summed E-state index contributed by atoms with van der Waals surface area (Å²) in [4.78, 5) is 24.5. The van der Waals surface area contributed by atoms with Gasteiger partial charge in [0.25, 0.3) is 0 Å². The number of rotatable bonds is 57. The molecule has 0 heterocycles. The molecule has 3 N–H and O–H groups in total. The standard InChI is InChI=1S/C62H119NO5/c1-3-5-7-9-11-13-14-15-16-17-27-30-33-36-40-44-48-52-56-62(67)68-57-53-49-45-41-37-34-31-28-25-23-21-19-18-20-22-24-26-29-32-35-39-43-47-51-55-61(66)63-59(58-64)60(65)54-50-46-42-38-12-10-8-6-4-2/h16-17,20,22,59-60,64-65H,3-15,18-19,21,23-58H2,1-2H3,(H,63,66)/b17-16-,22-20-. The van der Waals surface area contributed by atoms with Gasteiger partial charge < -0.3 is 20.3 Å². The molecule has 6 nitrogen and oxygen atoms in total. The van der Waals surface area contributed by atoms with Gasteiger partial charge in [0.1, 0.15) is 0 Å². The van der Waals surface area contributed by atoms with E-state index in [1.165, 1.54) is 257 Å². The lowest BCUT2D eigenvalue weighted by Gasteiger charge is -2.22. The van der Waals surface area contributed by atoms with Gasteiger partial charge in [-0.15, -0.1) is 0 Å². The maximum atomic E-state index is 12.4. The number of ether oxygens (including phenoxy) is 1. The lowest BCUT2D eigenvalue weighted by molar-refractivity contribution is -0.143. The summed E-state index contributed by atoms with van der Waals surface area (Å²) in [6.07, 6.45) is 70.6. The Morgan fingerprint density at radius 3 is 1.04 bits per heavy atom. The van der Waals surface area contributed by atoms with Crippen LogP contribution in [0.2, 0.25) is 0 Å². The molecule has 68 heavy (non-hydrogen) atoms. The summed E-state index contributed by atoms with van der Waals surface area (Å²) < 4.78 is 5.49. The Balaban J connectivity index is 3.36. The molecule has 0 bridgehead atoms. The van der Waals surface area contributed by atoms with E-state index in [9.17, 15) is 19.8 Å². The molecule has 2 unspecified atom stereocenters. The average Bonchev–Trinajstić information content (AvgIpc) is 3.34. The summed E-state index contributed by atoms with van der Waals surface area (Å²) in [5, 5.41) is 23.1. The fraction of sp³-hybridized carbons (Fsp3) is 0.903. The van der Waals surface area contributed by atoms with Crippen LogP contribution in [0.5, 0.6) is 0 Å². The zero-order chi connectivity index (χ0) is 49.3. The molecule has 2 atom stereocenters. The predicted octanol–water partition coefficient (Wildman–Crippen LogP) is 19.0. The summed E-state index contributed by atoms with van der Waals surface area (Å²) in [6, 6.07) is -0.542. The highest BCUT2D eigenvalue weighted by molar-refractivity contribution is 5.76.